The Labute approximate surface area is 80.6 Å². The monoisotopic (exact) mass is 197 g/mol. The Morgan fingerprint density at radius 2 is 2.15 bits per heavy atom. The summed E-state index contributed by atoms with van der Waals surface area (Å²) in [5.41, 5.74) is 12.8. The summed E-state index contributed by atoms with van der Waals surface area (Å²) < 4.78 is 0. The minimum atomic E-state index is 0.182. The summed E-state index contributed by atoms with van der Waals surface area (Å²) in [4.78, 5) is 4.22. The molecule has 1 aromatic rings. The second-order valence-electron chi connectivity index (χ2n) is 2.55. The first kappa shape index (κ1) is 8.92. The Morgan fingerprint density at radius 1 is 1.31 bits per heavy atom. The summed E-state index contributed by atoms with van der Waals surface area (Å²) in [5, 5.41) is 0. The van der Waals surface area contributed by atoms with E-state index in [1.807, 2.05) is 24.4 Å². The molecule has 1 aliphatic rings. The molecule has 1 aromatic heterocycles. The van der Waals surface area contributed by atoms with Crippen molar-refractivity contribution in [2.75, 3.05) is 0 Å². The maximum atomic E-state index is 4.22. The third-order valence-corrected chi connectivity index (χ3v) is 2.62. The predicted molar refractivity (Wildman–Crippen MR) is 51.9 cm³/mol. The lowest BCUT2D eigenvalue weighted by Crippen LogP contribution is -2.33. The van der Waals surface area contributed by atoms with Crippen LogP contribution in [0.25, 0.3) is 0 Å². The molecule has 6 heteroatoms. The number of nitrogens with one attached hydrogen (secondary N) is 4. The van der Waals surface area contributed by atoms with Gasteiger partial charge in [-0.3, -0.25) is 4.98 Å². The van der Waals surface area contributed by atoms with E-state index in [2.05, 4.69) is 26.9 Å². The Bertz CT molecular complexity index is 248. The van der Waals surface area contributed by atoms with Gasteiger partial charge in [-0.25, -0.2) is 10.9 Å². The molecule has 0 amide bonds. The molecule has 70 valence electrons. The maximum absolute atomic E-state index is 4.22. The number of thioether (sulfide) groups is 1. The topological polar surface area (TPSA) is 61.0 Å². The first-order chi connectivity index (χ1) is 6.45. The van der Waals surface area contributed by atoms with Gasteiger partial charge in [0.25, 0.3) is 0 Å². The van der Waals surface area contributed by atoms with Gasteiger partial charge in [0.1, 0.15) is 5.50 Å². The van der Waals surface area contributed by atoms with E-state index in [4.69, 9.17) is 0 Å². The third kappa shape index (κ3) is 2.64. The molecule has 5 nitrogen and oxygen atoms in total. The lowest BCUT2D eigenvalue weighted by molar-refractivity contribution is 0.556. The van der Waals surface area contributed by atoms with E-state index < -0.39 is 0 Å². The molecule has 0 saturated carbocycles. The molecule has 13 heavy (non-hydrogen) atoms. The van der Waals surface area contributed by atoms with Crippen molar-refractivity contribution in [2.45, 2.75) is 11.3 Å². The Balaban J connectivity index is 1.79. The molecular formula is C7H11N5S. The van der Waals surface area contributed by atoms with Crippen molar-refractivity contribution in [3.63, 3.8) is 0 Å². The number of nitrogens with zero attached hydrogens (tertiary/aromatic N) is 1. The first-order valence-electron chi connectivity index (χ1n) is 3.98. The Morgan fingerprint density at radius 3 is 2.85 bits per heavy atom. The van der Waals surface area contributed by atoms with Gasteiger partial charge in [-0.1, -0.05) is 6.07 Å². The van der Waals surface area contributed by atoms with Crippen LogP contribution in [0, 0.1) is 0 Å². The highest BCUT2D eigenvalue weighted by Gasteiger charge is 2.11. The number of aromatic nitrogens is 1. The lowest BCUT2D eigenvalue weighted by atomic mass is 10.4. The molecule has 0 unspecified atom stereocenters. The minimum Gasteiger partial charge on any atom is -0.260 e. The largest absolute Gasteiger partial charge is 0.260 e. The molecule has 0 aliphatic carbocycles. The average molecular weight is 197 g/mol. The number of pyridine rings is 1. The zero-order chi connectivity index (χ0) is 8.93. The van der Waals surface area contributed by atoms with Gasteiger partial charge in [-0.2, -0.15) is 11.1 Å². The quantitative estimate of drug-likeness (QED) is 0.534. The zero-order valence-electron chi connectivity index (χ0n) is 6.95. The van der Waals surface area contributed by atoms with Crippen LogP contribution in [0.4, 0.5) is 0 Å². The summed E-state index contributed by atoms with van der Waals surface area (Å²) in [6.07, 6.45) is 1.81. The molecule has 1 saturated heterocycles. The highest BCUT2D eigenvalue weighted by molar-refractivity contribution is 7.99. The van der Waals surface area contributed by atoms with Crippen LogP contribution in [-0.2, 0) is 5.75 Å². The summed E-state index contributed by atoms with van der Waals surface area (Å²) in [6.45, 7) is 0. The van der Waals surface area contributed by atoms with Crippen LogP contribution in [0.3, 0.4) is 0 Å². The molecule has 0 spiro atoms. The molecule has 0 aromatic carbocycles. The Hall–Kier alpha value is -0.660. The fourth-order valence-electron chi connectivity index (χ4n) is 0.975. The molecule has 0 radical (unpaired) electrons. The fourth-order valence-corrected chi connectivity index (χ4v) is 1.77. The van der Waals surface area contributed by atoms with Gasteiger partial charge >= 0.3 is 0 Å². The van der Waals surface area contributed by atoms with E-state index >= 15 is 0 Å². The molecule has 0 bridgehead atoms. The van der Waals surface area contributed by atoms with Crippen LogP contribution in [0.2, 0.25) is 0 Å². The summed E-state index contributed by atoms with van der Waals surface area (Å²) in [5.74, 6) is 0.884. The maximum Gasteiger partial charge on any atom is 0.133 e. The second-order valence-corrected chi connectivity index (χ2v) is 3.64. The van der Waals surface area contributed by atoms with Crippen molar-refractivity contribution in [2.24, 2.45) is 0 Å². The predicted octanol–water partition coefficient (Wildman–Crippen LogP) is -0.285. The fraction of sp³-hybridized carbons (Fsp3) is 0.286. The molecule has 1 aliphatic heterocycles. The number of rotatable bonds is 3. The van der Waals surface area contributed by atoms with Gasteiger partial charge in [0.2, 0.25) is 0 Å². The smallest absolute Gasteiger partial charge is 0.133 e. The van der Waals surface area contributed by atoms with E-state index in [-0.39, 0.29) is 5.50 Å². The van der Waals surface area contributed by atoms with Gasteiger partial charge in [-0.05, 0) is 12.1 Å². The van der Waals surface area contributed by atoms with Crippen LogP contribution >= 0.6 is 11.8 Å². The number of hydrogen-bond donors (Lipinski definition) is 4. The standard InChI is InChI=1S/C7H11N5S/c1-2-4-8-6(3-1)5-13-7-9-11-12-10-7/h1-4,7,9-12H,5H2. The van der Waals surface area contributed by atoms with Crippen molar-refractivity contribution in [1.29, 1.82) is 0 Å². The van der Waals surface area contributed by atoms with E-state index in [9.17, 15) is 0 Å². The van der Waals surface area contributed by atoms with Crippen molar-refractivity contribution < 1.29 is 0 Å². The van der Waals surface area contributed by atoms with E-state index in [0.717, 1.165) is 11.4 Å². The van der Waals surface area contributed by atoms with Crippen LogP contribution < -0.4 is 21.9 Å². The van der Waals surface area contributed by atoms with E-state index in [1.54, 1.807) is 11.8 Å². The van der Waals surface area contributed by atoms with Crippen molar-refractivity contribution in [3.8, 4) is 0 Å². The van der Waals surface area contributed by atoms with Gasteiger partial charge in [0, 0.05) is 11.9 Å². The molecule has 0 atom stereocenters. The second kappa shape index (κ2) is 4.54. The Kier molecular flexibility index (Phi) is 3.11. The number of hydrogen-bond acceptors (Lipinski definition) is 6. The van der Waals surface area contributed by atoms with E-state index in [0.29, 0.717) is 0 Å². The normalized spacial score (nSPS) is 17.8. The third-order valence-electron chi connectivity index (χ3n) is 1.59. The van der Waals surface area contributed by atoms with Crippen LogP contribution in [0.15, 0.2) is 24.4 Å². The molecule has 2 rings (SSSR count). The lowest BCUT2D eigenvalue weighted by Gasteiger charge is -2.06. The van der Waals surface area contributed by atoms with Gasteiger partial charge in [-0.15, -0.1) is 11.8 Å². The van der Waals surface area contributed by atoms with Gasteiger partial charge in [0.15, 0.2) is 0 Å². The zero-order valence-corrected chi connectivity index (χ0v) is 7.77. The average Bonchev–Trinajstić information content (AvgIpc) is 2.69. The van der Waals surface area contributed by atoms with Crippen LogP contribution in [-0.4, -0.2) is 10.5 Å². The highest BCUT2D eigenvalue weighted by Crippen LogP contribution is 2.12. The van der Waals surface area contributed by atoms with Crippen molar-refractivity contribution in [1.82, 2.24) is 26.9 Å². The molecule has 4 N–H and O–H groups in total. The van der Waals surface area contributed by atoms with Crippen molar-refractivity contribution >= 4 is 11.8 Å². The van der Waals surface area contributed by atoms with Gasteiger partial charge < -0.3 is 0 Å². The summed E-state index contributed by atoms with van der Waals surface area (Å²) in [7, 11) is 0. The van der Waals surface area contributed by atoms with Crippen molar-refractivity contribution in [3.05, 3.63) is 30.1 Å². The minimum absolute atomic E-state index is 0.182. The van der Waals surface area contributed by atoms with Gasteiger partial charge in [0.05, 0.1) is 5.69 Å². The molecule has 2 heterocycles. The molecule has 1 fully saturated rings. The van der Waals surface area contributed by atoms with E-state index in [1.165, 1.54) is 0 Å². The SMILES string of the molecule is c1ccc(CSC2NNNN2)nc1. The highest BCUT2D eigenvalue weighted by atomic mass is 32.2. The van der Waals surface area contributed by atoms with Crippen LogP contribution in [0.1, 0.15) is 5.69 Å². The number of hydrazine groups is 3. The summed E-state index contributed by atoms with van der Waals surface area (Å²) in [6, 6.07) is 5.93. The van der Waals surface area contributed by atoms with Crippen LogP contribution in [0.5, 0.6) is 0 Å². The molecular weight excluding hydrogens is 186 g/mol. The first-order valence-corrected chi connectivity index (χ1v) is 5.02. The summed E-state index contributed by atoms with van der Waals surface area (Å²) >= 11 is 1.73.